The van der Waals surface area contributed by atoms with Gasteiger partial charge in [-0.05, 0) is 42.5 Å². The lowest BCUT2D eigenvalue weighted by Crippen LogP contribution is -2.41. The minimum atomic E-state index is -0.446. The monoisotopic (exact) mass is 366 g/mol. The Morgan fingerprint density at radius 3 is 2.88 bits per heavy atom. The molecule has 0 fully saturated rings. The van der Waals surface area contributed by atoms with Crippen LogP contribution in [0.1, 0.15) is 12.5 Å². The summed E-state index contributed by atoms with van der Waals surface area (Å²) >= 11 is 1.51. The second-order valence-corrected chi connectivity index (χ2v) is 7.32. The molecule has 1 amide bonds. The van der Waals surface area contributed by atoms with Gasteiger partial charge in [-0.15, -0.1) is 11.3 Å². The number of benzene rings is 1. The number of aromatic nitrogens is 2. The molecule has 26 heavy (non-hydrogen) atoms. The minimum absolute atomic E-state index is 0.0495. The summed E-state index contributed by atoms with van der Waals surface area (Å²) in [6.07, 6.45) is 0.807. The van der Waals surface area contributed by atoms with Crippen molar-refractivity contribution in [2.24, 2.45) is 0 Å². The topological polar surface area (TPSA) is 81.2 Å². The van der Waals surface area contributed by atoms with Gasteiger partial charge in [-0.3, -0.25) is 9.59 Å². The van der Waals surface area contributed by atoms with Crippen molar-refractivity contribution < 1.29 is 4.79 Å². The molecule has 2 aromatic heterocycles. The predicted molar refractivity (Wildman–Crippen MR) is 103 cm³/mol. The van der Waals surface area contributed by atoms with Crippen LogP contribution in [0.5, 0.6) is 0 Å². The fraction of sp³-hybridized carbons (Fsp3) is 0.211. The molecule has 132 valence electrons. The fourth-order valence-electron chi connectivity index (χ4n) is 3.36. The van der Waals surface area contributed by atoms with Gasteiger partial charge in [0.25, 0.3) is 5.56 Å². The van der Waals surface area contributed by atoms with Gasteiger partial charge in [0.1, 0.15) is 17.9 Å². The number of carbonyl (C=O) groups excluding carboxylic acids is 1. The van der Waals surface area contributed by atoms with Crippen molar-refractivity contribution in [2.45, 2.75) is 25.9 Å². The highest BCUT2D eigenvalue weighted by Gasteiger charge is 2.31. The van der Waals surface area contributed by atoms with Crippen LogP contribution < -0.4 is 16.2 Å². The zero-order valence-electron chi connectivity index (χ0n) is 14.3. The Morgan fingerprint density at radius 1 is 1.31 bits per heavy atom. The van der Waals surface area contributed by atoms with E-state index in [0.29, 0.717) is 5.69 Å². The first kappa shape index (κ1) is 16.5. The average molecular weight is 366 g/mol. The molecule has 0 aliphatic carbocycles. The maximum absolute atomic E-state index is 12.9. The number of nitrogens with two attached hydrogens (primary N) is 1. The summed E-state index contributed by atoms with van der Waals surface area (Å²) < 4.78 is 1.17. The van der Waals surface area contributed by atoms with E-state index in [1.807, 2.05) is 48.7 Å². The maximum atomic E-state index is 12.9. The van der Waals surface area contributed by atoms with Crippen molar-refractivity contribution in [2.75, 3.05) is 10.6 Å². The minimum Gasteiger partial charge on any atom is -0.394 e. The van der Waals surface area contributed by atoms with E-state index in [0.717, 1.165) is 22.5 Å². The van der Waals surface area contributed by atoms with Crippen LogP contribution in [0.25, 0.3) is 10.6 Å². The van der Waals surface area contributed by atoms with Crippen LogP contribution in [0.15, 0.2) is 52.6 Å². The molecule has 0 unspecified atom stereocenters. The summed E-state index contributed by atoms with van der Waals surface area (Å²) in [4.78, 5) is 28.0. The lowest BCUT2D eigenvalue weighted by molar-refractivity contribution is -0.119. The van der Waals surface area contributed by atoms with Crippen LogP contribution in [0.2, 0.25) is 0 Å². The molecule has 6 nitrogen and oxygen atoms in total. The van der Waals surface area contributed by atoms with Crippen molar-refractivity contribution in [3.05, 3.63) is 63.8 Å². The SMILES string of the molecule is C[C@H]1Cc2ccccc2N1C(=O)Cn1nc(-c2cccs2)cc(N)c1=O. The first-order chi connectivity index (χ1) is 12.5. The predicted octanol–water partition coefficient (Wildman–Crippen LogP) is 2.53. The summed E-state index contributed by atoms with van der Waals surface area (Å²) in [6, 6.07) is 13.3. The molecule has 0 saturated heterocycles. The average Bonchev–Trinajstić information content (AvgIpc) is 3.25. The summed E-state index contributed by atoms with van der Waals surface area (Å²) in [5.41, 5.74) is 8.15. The molecule has 1 aliphatic rings. The molecular formula is C19H18N4O2S. The van der Waals surface area contributed by atoms with Gasteiger partial charge >= 0.3 is 0 Å². The van der Waals surface area contributed by atoms with E-state index in [9.17, 15) is 9.59 Å². The molecule has 3 heterocycles. The Balaban J connectivity index is 1.67. The third-order valence-electron chi connectivity index (χ3n) is 4.54. The quantitative estimate of drug-likeness (QED) is 0.772. The number of para-hydroxylation sites is 1. The Kier molecular flexibility index (Phi) is 4.08. The highest BCUT2D eigenvalue weighted by molar-refractivity contribution is 7.13. The number of rotatable bonds is 3. The molecule has 0 spiro atoms. The molecule has 0 bridgehead atoms. The lowest BCUT2D eigenvalue weighted by atomic mass is 10.1. The van der Waals surface area contributed by atoms with Crippen molar-refractivity contribution >= 4 is 28.6 Å². The molecule has 0 radical (unpaired) electrons. The van der Waals surface area contributed by atoms with Gasteiger partial charge in [-0.25, -0.2) is 4.68 Å². The van der Waals surface area contributed by atoms with Crippen LogP contribution in [-0.2, 0) is 17.8 Å². The number of nitrogens with zero attached hydrogens (tertiary/aromatic N) is 3. The van der Waals surface area contributed by atoms with E-state index in [1.165, 1.54) is 16.0 Å². The number of thiophene rings is 1. The Morgan fingerprint density at radius 2 is 2.12 bits per heavy atom. The smallest absolute Gasteiger partial charge is 0.290 e. The number of fused-ring (bicyclic) bond motifs is 1. The summed E-state index contributed by atoms with van der Waals surface area (Å²) in [6.45, 7) is 1.87. The van der Waals surface area contributed by atoms with E-state index < -0.39 is 5.56 Å². The number of nitrogen functional groups attached to an aromatic ring is 1. The molecule has 7 heteroatoms. The highest BCUT2D eigenvalue weighted by Crippen LogP contribution is 2.32. The second kappa shape index (κ2) is 6.42. The van der Waals surface area contributed by atoms with Crippen LogP contribution in [0.4, 0.5) is 11.4 Å². The Labute approximate surface area is 154 Å². The lowest BCUT2D eigenvalue weighted by Gasteiger charge is -2.23. The van der Waals surface area contributed by atoms with Crippen molar-refractivity contribution in [3.8, 4) is 10.6 Å². The van der Waals surface area contributed by atoms with E-state index in [1.54, 1.807) is 11.0 Å². The van der Waals surface area contributed by atoms with E-state index in [4.69, 9.17) is 5.73 Å². The molecule has 4 rings (SSSR count). The molecule has 1 aromatic carbocycles. The van der Waals surface area contributed by atoms with Crippen molar-refractivity contribution in [1.29, 1.82) is 0 Å². The number of amides is 1. The maximum Gasteiger partial charge on any atom is 0.290 e. The van der Waals surface area contributed by atoms with Gasteiger partial charge in [-0.1, -0.05) is 24.3 Å². The number of hydrogen-bond donors (Lipinski definition) is 1. The van der Waals surface area contributed by atoms with Gasteiger partial charge in [0.2, 0.25) is 5.91 Å². The fourth-order valence-corrected chi connectivity index (χ4v) is 4.05. The van der Waals surface area contributed by atoms with E-state index >= 15 is 0 Å². The van der Waals surface area contributed by atoms with E-state index in [2.05, 4.69) is 5.10 Å². The van der Waals surface area contributed by atoms with E-state index in [-0.39, 0.29) is 24.2 Å². The second-order valence-electron chi connectivity index (χ2n) is 6.37. The molecule has 1 aliphatic heterocycles. The largest absolute Gasteiger partial charge is 0.394 e. The van der Waals surface area contributed by atoms with Crippen LogP contribution in [0, 0.1) is 0 Å². The van der Waals surface area contributed by atoms with Crippen LogP contribution >= 0.6 is 11.3 Å². The van der Waals surface area contributed by atoms with Crippen LogP contribution in [0.3, 0.4) is 0 Å². The molecule has 3 aromatic rings. The normalized spacial score (nSPS) is 15.9. The Bertz CT molecular complexity index is 1030. The number of carbonyl (C=O) groups is 1. The summed E-state index contributed by atoms with van der Waals surface area (Å²) in [5.74, 6) is -0.167. The third kappa shape index (κ3) is 2.80. The van der Waals surface area contributed by atoms with Gasteiger partial charge in [0.15, 0.2) is 0 Å². The van der Waals surface area contributed by atoms with Gasteiger partial charge < -0.3 is 10.6 Å². The zero-order chi connectivity index (χ0) is 18.3. The van der Waals surface area contributed by atoms with Gasteiger partial charge in [-0.2, -0.15) is 5.10 Å². The summed E-state index contributed by atoms with van der Waals surface area (Å²) in [5, 5.41) is 6.28. The molecule has 2 N–H and O–H groups in total. The number of hydrogen-bond acceptors (Lipinski definition) is 5. The Hall–Kier alpha value is -2.93. The molecule has 1 atom stereocenters. The van der Waals surface area contributed by atoms with Gasteiger partial charge in [0.05, 0.1) is 4.88 Å². The summed E-state index contributed by atoms with van der Waals surface area (Å²) in [7, 11) is 0. The zero-order valence-corrected chi connectivity index (χ0v) is 15.1. The first-order valence-electron chi connectivity index (χ1n) is 8.36. The number of anilines is 2. The third-order valence-corrected chi connectivity index (χ3v) is 5.43. The van der Waals surface area contributed by atoms with Gasteiger partial charge in [0, 0.05) is 11.7 Å². The van der Waals surface area contributed by atoms with Crippen molar-refractivity contribution in [3.63, 3.8) is 0 Å². The highest BCUT2D eigenvalue weighted by atomic mass is 32.1. The van der Waals surface area contributed by atoms with Crippen molar-refractivity contribution in [1.82, 2.24) is 9.78 Å². The standard InChI is InChI=1S/C19H18N4O2S/c1-12-9-13-5-2-3-6-16(13)23(12)18(24)11-22-19(25)14(20)10-15(21-22)17-7-4-8-26-17/h2-8,10,12H,9,11,20H2,1H3/t12-/m0/s1. The first-order valence-corrected chi connectivity index (χ1v) is 9.24. The molecular weight excluding hydrogens is 348 g/mol. The molecule has 0 saturated carbocycles. The van der Waals surface area contributed by atoms with Crippen LogP contribution in [-0.4, -0.2) is 21.7 Å².